The molecule has 0 saturated carbocycles. The van der Waals surface area contributed by atoms with Gasteiger partial charge in [0, 0.05) is 0 Å². The van der Waals surface area contributed by atoms with Crippen molar-refractivity contribution in [3.63, 3.8) is 0 Å². The van der Waals surface area contributed by atoms with Crippen LogP contribution in [-0.2, 0) is 22.7 Å². The number of rotatable bonds is 7. The lowest BCUT2D eigenvalue weighted by atomic mass is 10.1. The highest BCUT2D eigenvalue weighted by molar-refractivity contribution is 7.65. The number of imidazole rings is 1. The van der Waals surface area contributed by atoms with Crippen molar-refractivity contribution >= 4 is 41.9 Å². The molecule has 0 aliphatic carbocycles. The van der Waals surface area contributed by atoms with Gasteiger partial charge in [-0.15, -0.1) is 0 Å². The Balaban J connectivity index is 1.73. The smallest absolute Gasteiger partial charge is 0.387 e. The third kappa shape index (κ3) is 4.40. The van der Waals surface area contributed by atoms with E-state index in [1.54, 1.807) is 14.2 Å². The third-order valence-electron chi connectivity index (χ3n) is 3.78. The summed E-state index contributed by atoms with van der Waals surface area (Å²) in [7, 11) is -7.91. The van der Waals surface area contributed by atoms with E-state index in [0.29, 0.717) is 0 Å². The lowest BCUT2D eigenvalue weighted by Crippen LogP contribution is -2.33. The minimum Gasteiger partial charge on any atom is -0.387 e. The van der Waals surface area contributed by atoms with Gasteiger partial charge < -0.3 is 30.5 Å². The first-order valence-corrected chi connectivity index (χ1v) is 11.1. The van der Waals surface area contributed by atoms with Gasteiger partial charge in [0.15, 0.2) is 17.7 Å². The van der Waals surface area contributed by atoms with E-state index in [2.05, 4.69) is 23.8 Å². The number of aromatic nitrogens is 4. The van der Waals surface area contributed by atoms with E-state index in [9.17, 15) is 29.1 Å². The van der Waals surface area contributed by atoms with Gasteiger partial charge in [0.25, 0.3) is 0 Å². The van der Waals surface area contributed by atoms with Crippen molar-refractivity contribution in [2.75, 3.05) is 12.3 Å². The molecule has 2 aromatic rings. The lowest BCUT2D eigenvalue weighted by Gasteiger charge is -2.18. The van der Waals surface area contributed by atoms with Crippen molar-refractivity contribution in [3.05, 3.63) is 12.7 Å². The van der Waals surface area contributed by atoms with Crippen molar-refractivity contribution in [1.29, 1.82) is 0 Å². The summed E-state index contributed by atoms with van der Waals surface area (Å²) in [6, 6.07) is 0. The van der Waals surface area contributed by atoms with E-state index in [0.717, 1.165) is 0 Å². The fourth-order valence-corrected chi connectivity index (χ4v) is 4.76. The molecule has 1 fully saturated rings. The second-order valence-corrected chi connectivity index (χ2v) is 9.55. The zero-order chi connectivity index (χ0) is 20.7. The van der Waals surface area contributed by atoms with E-state index in [1.807, 2.05) is 0 Å². The number of nitrogen functional groups attached to an aromatic ring is 1. The van der Waals surface area contributed by atoms with Crippen LogP contribution in [0.25, 0.3) is 11.2 Å². The molecule has 0 aromatic carbocycles. The Morgan fingerprint density at radius 1 is 1.29 bits per heavy atom. The Bertz CT molecular complexity index is 958. The summed E-state index contributed by atoms with van der Waals surface area (Å²) < 4.78 is 38.5. The molecule has 3 unspecified atom stereocenters. The SMILES string of the molecule is Nc1ncnc2c1ncn2[C@@H]1O[C@H](COP(=O)(O)OP(=O)(O)NP)[C@@H](O)[C@@H]1O. The molecule has 3 rings (SSSR count). The Morgan fingerprint density at radius 3 is 2.68 bits per heavy atom. The van der Waals surface area contributed by atoms with Crippen LogP contribution in [0.15, 0.2) is 12.7 Å². The minimum absolute atomic E-state index is 0.103. The standard InChI is InChI=1S/C10H17N6O9P3/c11-8-5-9(13-2-12-8)16(3-14-5)10-7(18)6(17)4(24-10)1-23-28(21,22)25-27(19,20)15-26/h2-4,6-7,10,17-18H,1,26H2,(H,21,22)(H2,11,12,13)(H2,15,19,20)/t4-,6-,7+,10-/m1/s1. The number of fused-ring (bicyclic) bond motifs is 1. The molecule has 18 heteroatoms. The monoisotopic (exact) mass is 458 g/mol. The predicted molar refractivity (Wildman–Crippen MR) is 95.2 cm³/mol. The van der Waals surface area contributed by atoms with Crippen LogP contribution in [0.5, 0.6) is 0 Å². The zero-order valence-corrected chi connectivity index (χ0v) is 16.8. The van der Waals surface area contributed by atoms with E-state index in [-0.39, 0.29) is 17.0 Å². The molecule has 7 atom stereocenters. The molecular formula is C10H17N6O9P3. The van der Waals surface area contributed by atoms with Crippen molar-refractivity contribution in [2.45, 2.75) is 24.5 Å². The number of aliphatic hydroxyl groups is 2. The number of aliphatic hydroxyl groups excluding tert-OH is 2. The van der Waals surface area contributed by atoms with Gasteiger partial charge in [0.1, 0.15) is 30.2 Å². The van der Waals surface area contributed by atoms with E-state index < -0.39 is 46.7 Å². The van der Waals surface area contributed by atoms with Crippen LogP contribution in [0.3, 0.4) is 0 Å². The molecule has 3 heterocycles. The number of nitrogens with two attached hydrogens (primary N) is 1. The molecule has 1 aliphatic rings. The van der Waals surface area contributed by atoms with Crippen LogP contribution in [0.1, 0.15) is 6.23 Å². The predicted octanol–water partition coefficient (Wildman–Crippen LogP) is -1.36. The zero-order valence-electron chi connectivity index (χ0n) is 13.8. The van der Waals surface area contributed by atoms with Gasteiger partial charge in [0.05, 0.1) is 12.9 Å². The summed E-state index contributed by atoms with van der Waals surface area (Å²) in [5, 5.41) is 20.4. The number of nitrogens with one attached hydrogen (secondary N) is 1. The number of phosphoric ester groups is 1. The van der Waals surface area contributed by atoms with Crippen molar-refractivity contribution in [2.24, 2.45) is 0 Å². The first kappa shape index (κ1) is 21.6. The first-order valence-electron chi connectivity index (χ1n) is 7.48. The molecule has 0 bridgehead atoms. The Hall–Kier alpha value is -1.08. The molecule has 1 saturated heterocycles. The van der Waals surface area contributed by atoms with Crippen LogP contribution >= 0.6 is 25.0 Å². The van der Waals surface area contributed by atoms with Crippen LogP contribution in [0.2, 0.25) is 0 Å². The fraction of sp³-hybridized carbons (Fsp3) is 0.500. The molecule has 0 spiro atoms. The van der Waals surface area contributed by atoms with Gasteiger partial charge in [-0.2, -0.15) is 4.31 Å². The highest BCUT2D eigenvalue weighted by Gasteiger charge is 2.46. The van der Waals surface area contributed by atoms with Gasteiger partial charge >= 0.3 is 15.6 Å². The summed E-state index contributed by atoms with van der Waals surface area (Å²) in [5.41, 5.74) is 6.18. The molecule has 7 N–H and O–H groups in total. The average Bonchev–Trinajstić information content (AvgIpc) is 3.16. The summed E-state index contributed by atoms with van der Waals surface area (Å²) in [6.07, 6.45) is -2.99. The number of anilines is 1. The molecule has 0 radical (unpaired) electrons. The summed E-state index contributed by atoms with van der Waals surface area (Å²) in [6.45, 7) is -0.733. The number of hydrogen-bond acceptors (Lipinski definition) is 11. The van der Waals surface area contributed by atoms with Crippen molar-refractivity contribution < 1.29 is 42.7 Å². The number of ether oxygens (including phenoxy) is 1. The maximum atomic E-state index is 11.7. The van der Waals surface area contributed by atoms with E-state index >= 15 is 0 Å². The molecule has 28 heavy (non-hydrogen) atoms. The number of phosphoric acid groups is 1. The van der Waals surface area contributed by atoms with Crippen LogP contribution in [-0.4, -0.2) is 64.4 Å². The highest BCUT2D eigenvalue weighted by atomic mass is 31.3. The molecule has 2 aromatic heterocycles. The second kappa shape index (κ2) is 7.98. The largest absolute Gasteiger partial charge is 0.480 e. The molecule has 15 nitrogen and oxygen atoms in total. The Labute approximate surface area is 159 Å². The second-order valence-electron chi connectivity index (χ2n) is 5.62. The third-order valence-corrected chi connectivity index (χ3v) is 7.27. The van der Waals surface area contributed by atoms with Crippen LogP contribution < -0.4 is 10.6 Å². The highest BCUT2D eigenvalue weighted by Crippen LogP contribution is 2.58. The lowest BCUT2D eigenvalue weighted by molar-refractivity contribution is -0.0502. The molecular weight excluding hydrogens is 441 g/mol. The maximum absolute atomic E-state index is 11.7. The topological polar surface area (TPSA) is 224 Å². The quantitative estimate of drug-likeness (QED) is 0.264. The molecule has 156 valence electrons. The van der Waals surface area contributed by atoms with E-state index in [1.165, 1.54) is 17.2 Å². The summed E-state index contributed by atoms with van der Waals surface area (Å²) in [4.78, 5) is 32.2. The number of nitrogens with zero attached hydrogens (tertiary/aromatic N) is 4. The average molecular weight is 458 g/mol. The van der Waals surface area contributed by atoms with Gasteiger partial charge in [0.2, 0.25) is 0 Å². The molecule has 1 aliphatic heterocycles. The normalized spacial score (nSPS) is 29.6. The van der Waals surface area contributed by atoms with Gasteiger partial charge in [-0.1, -0.05) is 9.39 Å². The van der Waals surface area contributed by atoms with E-state index in [4.69, 9.17) is 10.5 Å². The van der Waals surface area contributed by atoms with Gasteiger partial charge in [-0.05, 0) is 0 Å². The van der Waals surface area contributed by atoms with Crippen molar-refractivity contribution in [3.8, 4) is 0 Å². The van der Waals surface area contributed by atoms with Crippen molar-refractivity contribution in [1.82, 2.24) is 24.4 Å². The maximum Gasteiger partial charge on any atom is 0.480 e. The van der Waals surface area contributed by atoms with Crippen LogP contribution in [0.4, 0.5) is 5.82 Å². The minimum atomic E-state index is -4.97. The van der Waals surface area contributed by atoms with Gasteiger partial charge in [-0.3, -0.25) is 9.09 Å². The number of hydrogen-bond donors (Lipinski definition) is 6. The summed E-state index contributed by atoms with van der Waals surface area (Å²) >= 11 is 0. The molecule has 0 amide bonds. The first-order chi connectivity index (χ1) is 13.0. The van der Waals surface area contributed by atoms with Gasteiger partial charge in [-0.25, -0.2) is 28.9 Å². The Morgan fingerprint density at radius 2 is 2.00 bits per heavy atom. The fourth-order valence-electron chi connectivity index (χ4n) is 2.51. The Kier molecular flexibility index (Phi) is 6.16. The summed E-state index contributed by atoms with van der Waals surface area (Å²) in [5.74, 6) is 0.103. The van der Waals surface area contributed by atoms with Crippen LogP contribution in [0, 0.1) is 0 Å².